The van der Waals surface area contributed by atoms with Crippen LogP contribution >= 0.6 is 15.9 Å². The average molecular weight is 350 g/mol. The number of hydrogen-bond acceptors (Lipinski definition) is 2. The zero-order valence-electron chi connectivity index (χ0n) is 10.7. The molecule has 0 atom stereocenters. The molecule has 0 bridgehead atoms. The van der Waals surface area contributed by atoms with Gasteiger partial charge in [0.2, 0.25) is 10.0 Å². The molecule has 1 N–H and O–H groups in total. The van der Waals surface area contributed by atoms with Crippen LogP contribution in [0.2, 0.25) is 0 Å². The molecule has 1 aromatic rings. The molecular weight excluding hydrogens is 333 g/mol. The quantitative estimate of drug-likeness (QED) is 0.884. The molecule has 0 radical (unpaired) electrons. The van der Waals surface area contributed by atoms with Gasteiger partial charge in [0.05, 0.1) is 4.90 Å². The van der Waals surface area contributed by atoms with Gasteiger partial charge in [-0.25, -0.2) is 17.5 Å². The molecule has 106 valence electrons. The van der Waals surface area contributed by atoms with Crippen molar-refractivity contribution in [3.8, 4) is 0 Å². The van der Waals surface area contributed by atoms with E-state index in [1.807, 2.05) is 0 Å². The van der Waals surface area contributed by atoms with E-state index in [0.717, 1.165) is 37.8 Å². The van der Waals surface area contributed by atoms with Gasteiger partial charge in [0.15, 0.2) is 0 Å². The summed E-state index contributed by atoms with van der Waals surface area (Å²) in [6, 6.07) is 3.59. The molecule has 6 heteroatoms. The number of benzene rings is 1. The van der Waals surface area contributed by atoms with Crippen LogP contribution in [-0.4, -0.2) is 15.0 Å². The lowest BCUT2D eigenvalue weighted by Gasteiger charge is -2.41. The summed E-state index contributed by atoms with van der Waals surface area (Å²) in [6.07, 6.45) is 4.27. The summed E-state index contributed by atoms with van der Waals surface area (Å²) in [5.74, 6) is -0.463. The third kappa shape index (κ3) is 3.17. The van der Waals surface area contributed by atoms with Crippen LogP contribution < -0.4 is 4.72 Å². The SMILES string of the molecule is CCC1(CNS(=O)(=O)c2ccc(F)cc2Br)CCC1. The lowest BCUT2D eigenvalue weighted by Crippen LogP contribution is -2.41. The van der Waals surface area contributed by atoms with E-state index in [0.29, 0.717) is 6.54 Å². The fourth-order valence-corrected chi connectivity index (χ4v) is 4.56. The first-order valence-electron chi connectivity index (χ1n) is 6.33. The first-order valence-corrected chi connectivity index (χ1v) is 8.61. The first-order chi connectivity index (χ1) is 8.88. The van der Waals surface area contributed by atoms with Crippen LogP contribution in [0, 0.1) is 11.2 Å². The molecule has 19 heavy (non-hydrogen) atoms. The minimum absolute atomic E-state index is 0.0828. The molecule has 0 unspecified atom stereocenters. The molecular formula is C13H17BrFNO2S. The Morgan fingerprint density at radius 1 is 1.42 bits per heavy atom. The van der Waals surface area contributed by atoms with Crippen molar-refractivity contribution in [3.05, 3.63) is 28.5 Å². The van der Waals surface area contributed by atoms with Crippen molar-refractivity contribution in [2.75, 3.05) is 6.54 Å². The monoisotopic (exact) mass is 349 g/mol. The normalized spacial score (nSPS) is 18.1. The van der Waals surface area contributed by atoms with Crippen LogP contribution in [0.5, 0.6) is 0 Å². The van der Waals surface area contributed by atoms with E-state index in [4.69, 9.17) is 0 Å². The van der Waals surface area contributed by atoms with Crippen molar-refractivity contribution in [2.45, 2.75) is 37.5 Å². The van der Waals surface area contributed by atoms with E-state index in [9.17, 15) is 12.8 Å². The van der Waals surface area contributed by atoms with Crippen molar-refractivity contribution in [1.29, 1.82) is 0 Å². The van der Waals surface area contributed by atoms with Gasteiger partial charge in [0.25, 0.3) is 0 Å². The van der Waals surface area contributed by atoms with Crippen molar-refractivity contribution in [2.24, 2.45) is 5.41 Å². The number of halogens is 2. The maximum Gasteiger partial charge on any atom is 0.241 e. The smallest absolute Gasteiger partial charge is 0.211 e. The Balaban J connectivity index is 2.14. The number of rotatable bonds is 5. The van der Waals surface area contributed by atoms with Gasteiger partial charge in [-0.3, -0.25) is 0 Å². The van der Waals surface area contributed by atoms with Gasteiger partial charge in [-0.05, 0) is 58.8 Å². The molecule has 0 saturated heterocycles. The van der Waals surface area contributed by atoms with E-state index in [2.05, 4.69) is 27.6 Å². The van der Waals surface area contributed by atoms with Gasteiger partial charge in [-0.1, -0.05) is 13.3 Å². The standard InChI is InChI=1S/C13H17BrFNO2S/c1-2-13(6-3-7-13)9-16-19(17,18)12-5-4-10(15)8-11(12)14/h4-5,8,16H,2-3,6-7,9H2,1H3. The van der Waals surface area contributed by atoms with E-state index < -0.39 is 15.8 Å². The summed E-state index contributed by atoms with van der Waals surface area (Å²) < 4.78 is 40.3. The fraction of sp³-hybridized carbons (Fsp3) is 0.538. The van der Waals surface area contributed by atoms with E-state index in [1.165, 1.54) is 6.07 Å². The second-order valence-electron chi connectivity index (χ2n) is 5.11. The summed E-state index contributed by atoms with van der Waals surface area (Å²) >= 11 is 3.09. The molecule has 0 amide bonds. The molecule has 1 saturated carbocycles. The van der Waals surface area contributed by atoms with Crippen molar-refractivity contribution in [3.63, 3.8) is 0 Å². The molecule has 1 aliphatic rings. The lowest BCUT2D eigenvalue weighted by molar-refractivity contribution is 0.133. The highest BCUT2D eigenvalue weighted by molar-refractivity contribution is 9.10. The molecule has 2 rings (SSSR count). The van der Waals surface area contributed by atoms with Gasteiger partial charge in [-0.15, -0.1) is 0 Å². The van der Waals surface area contributed by atoms with Crippen molar-refractivity contribution >= 4 is 26.0 Å². The molecule has 0 aromatic heterocycles. The van der Waals surface area contributed by atoms with Crippen molar-refractivity contribution < 1.29 is 12.8 Å². The van der Waals surface area contributed by atoms with Crippen LogP contribution in [0.3, 0.4) is 0 Å². The van der Waals surface area contributed by atoms with E-state index in [1.54, 1.807) is 0 Å². The average Bonchev–Trinajstić information content (AvgIpc) is 2.27. The van der Waals surface area contributed by atoms with Gasteiger partial charge in [0.1, 0.15) is 5.82 Å². The van der Waals surface area contributed by atoms with E-state index >= 15 is 0 Å². The zero-order valence-corrected chi connectivity index (χ0v) is 13.2. The van der Waals surface area contributed by atoms with Crippen LogP contribution in [0.1, 0.15) is 32.6 Å². The highest BCUT2D eigenvalue weighted by Crippen LogP contribution is 2.43. The predicted molar refractivity (Wildman–Crippen MR) is 75.9 cm³/mol. The van der Waals surface area contributed by atoms with Crippen LogP contribution in [0.4, 0.5) is 4.39 Å². The summed E-state index contributed by atoms with van der Waals surface area (Å²) in [7, 11) is -3.59. The number of nitrogens with one attached hydrogen (secondary N) is 1. The zero-order chi connectivity index (χ0) is 14.1. The Kier molecular flexibility index (Phi) is 4.32. The lowest BCUT2D eigenvalue weighted by atomic mass is 9.67. The van der Waals surface area contributed by atoms with Gasteiger partial charge >= 0.3 is 0 Å². The van der Waals surface area contributed by atoms with Gasteiger partial charge in [0, 0.05) is 11.0 Å². The topological polar surface area (TPSA) is 46.2 Å². The Bertz CT molecular complexity index is 564. The second kappa shape index (κ2) is 5.50. The van der Waals surface area contributed by atoms with Crippen LogP contribution in [0.25, 0.3) is 0 Å². The second-order valence-corrected chi connectivity index (χ2v) is 7.70. The predicted octanol–water partition coefficient (Wildman–Crippen LogP) is 3.45. The van der Waals surface area contributed by atoms with Crippen LogP contribution in [-0.2, 0) is 10.0 Å². The van der Waals surface area contributed by atoms with E-state index in [-0.39, 0.29) is 14.8 Å². The number of hydrogen-bond donors (Lipinski definition) is 1. The first kappa shape index (κ1) is 14.9. The number of sulfonamides is 1. The fourth-order valence-electron chi connectivity index (χ4n) is 2.35. The third-order valence-corrected chi connectivity index (χ3v) is 6.36. The summed E-state index contributed by atoms with van der Waals surface area (Å²) in [6.45, 7) is 2.54. The Morgan fingerprint density at radius 2 is 2.11 bits per heavy atom. The summed E-state index contributed by atoms with van der Waals surface area (Å²) in [4.78, 5) is 0.0828. The molecule has 3 nitrogen and oxygen atoms in total. The summed E-state index contributed by atoms with van der Waals surface area (Å²) in [5, 5.41) is 0. The Hall–Kier alpha value is -0.460. The maximum atomic E-state index is 13.0. The third-order valence-electron chi connectivity index (χ3n) is 3.98. The maximum absolute atomic E-state index is 13.0. The molecule has 1 fully saturated rings. The molecule has 0 spiro atoms. The van der Waals surface area contributed by atoms with Crippen LogP contribution in [0.15, 0.2) is 27.6 Å². The molecule has 1 aromatic carbocycles. The summed E-state index contributed by atoms with van der Waals surface area (Å²) in [5.41, 5.74) is 0.111. The molecule has 0 heterocycles. The Labute approximate surface area is 121 Å². The highest BCUT2D eigenvalue weighted by Gasteiger charge is 2.36. The molecule has 0 aliphatic heterocycles. The van der Waals surface area contributed by atoms with Crippen molar-refractivity contribution in [1.82, 2.24) is 4.72 Å². The largest absolute Gasteiger partial charge is 0.241 e. The van der Waals surface area contributed by atoms with Gasteiger partial charge in [-0.2, -0.15) is 0 Å². The Morgan fingerprint density at radius 3 is 2.58 bits per heavy atom. The van der Waals surface area contributed by atoms with Gasteiger partial charge < -0.3 is 0 Å². The molecule has 1 aliphatic carbocycles. The minimum atomic E-state index is -3.59. The minimum Gasteiger partial charge on any atom is -0.211 e. The highest BCUT2D eigenvalue weighted by atomic mass is 79.9.